The summed E-state index contributed by atoms with van der Waals surface area (Å²) in [6.45, 7) is 18.8. The van der Waals surface area contributed by atoms with Gasteiger partial charge >= 0.3 is 7.60 Å². The van der Waals surface area contributed by atoms with Crippen molar-refractivity contribution in [1.82, 2.24) is 0 Å². The fraction of sp³-hybridized carbons (Fsp3) is 0.600. The van der Waals surface area contributed by atoms with Crippen LogP contribution in [-0.4, -0.2) is 39.1 Å². The molecule has 1 aliphatic heterocycles. The number of nitrogens with zero attached hydrogens (tertiary/aromatic N) is 2. The first-order valence-electron chi connectivity index (χ1n) is 13.7. The number of hydrogen-bond acceptors (Lipinski definition) is 5. The molecule has 0 radical (unpaired) electrons. The van der Waals surface area contributed by atoms with Gasteiger partial charge in [0.1, 0.15) is 0 Å². The predicted octanol–water partition coefficient (Wildman–Crippen LogP) is 7.88. The Hall–Kier alpha value is -1.81. The maximum Gasteiger partial charge on any atom is 0.330 e. The molecule has 200 valence electrons. The molecule has 0 saturated carbocycles. The molecule has 0 aromatic heterocycles. The normalized spacial score (nSPS) is 14.2. The van der Waals surface area contributed by atoms with Gasteiger partial charge in [-0.15, -0.1) is 0 Å². The number of hydrogen-bond donors (Lipinski definition) is 0. The van der Waals surface area contributed by atoms with Crippen molar-refractivity contribution >= 4 is 19.0 Å². The molecule has 2 aromatic rings. The van der Waals surface area contributed by atoms with Crippen molar-refractivity contribution in [3.05, 3.63) is 57.6 Å². The van der Waals surface area contributed by atoms with Gasteiger partial charge in [0.05, 0.1) is 26.0 Å². The first-order valence-corrected chi connectivity index (χ1v) is 15.5. The van der Waals surface area contributed by atoms with Gasteiger partial charge in [-0.2, -0.15) is 0 Å². The number of aryl methyl sites for hydroxylation is 6. The van der Waals surface area contributed by atoms with E-state index in [4.69, 9.17) is 9.05 Å². The van der Waals surface area contributed by atoms with E-state index in [0.29, 0.717) is 19.4 Å². The third-order valence-corrected chi connectivity index (χ3v) is 9.27. The van der Waals surface area contributed by atoms with E-state index in [1.54, 1.807) is 0 Å². The quantitative estimate of drug-likeness (QED) is 0.201. The van der Waals surface area contributed by atoms with E-state index in [2.05, 4.69) is 68.7 Å². The Labute approximate surface area is 219 Å². The van der Waals surface area contributed by atoms with E-state index in [1.807, 2.05) is 13.8 Å². The first-order chi connectivity index (χ1) is 17.2. The molecule has 0 amide bonds. The van der Waals surface area contributed by atoms with Gasteiger partial charge in [-0.25, -0.2) is 0 Å². The largest absolute Gasteiger partial charge is 0.352 e. The Morgan fingerprint density at radius 3 is 1.69 bits per heavy atom. The van der Waals surface area contributed by atoms with Gasteiger partial charge in [0.2, 0.25) is 0 Å². The number of benzene rings is 2. The molecule has 1 aliphatic rings. The van der Waals surface area contributed by atoms with Crippen LogP contribution in [0.5, 0.6) is 0 Å². The lowest BCUT2D eigenvalue weighted by atomic mass is 9.99. The van der Waals surface area contributed by atoms with Crippen LogP contribution >= 0.6 is 7.60 Å². The van der Waals surface area contributed by atoms with Gasteiger partial charge in [-0.1, -0.05) is 42.7 Å². The average Bonchev–Trinajstić information content (AvgIpc) is 3.24. The van der Waals surface area contributed by atoms with Crippen LogP contribution in [0.25, 0.3) is 0 Å². The lowest BCUT2D eigenvalue weighted by Gasteiger charge is -2.27. The molecule has 6 heteroatoms. The lowest BCUT2D eigenvalue weighted by Crippen LogP contribution is -2.27. The van der Waals surface area contributed by atoms with Crippen molar-refractivity contribution in [3.8, 4) is 0 Å². The Kier molecular flexibility index (Phi) is 10.5. The van der Waals surface area contributed by atoms with Crippen molar-refractivity contribution in [3.63, 3.8) is 0 Å². The summed E-state index contributed by atoms with van der Waals surface area (Å²) in [5, 5.41) is 0. The zero-order chi connectivity index (χ0) is 26.3. The lowest BCUT2D eigenvalue weighted by molar-refractivity contribution is 0.219. The summed E-state index contributed by atoms with van der Waals surface area (Å²) in [5.41, 5.74) is 11.0. The summed E-state index contributed by atoms with van der Waals surface area (Å²) in [4.78, 5) is 5.08. The Morgan fingerprint density at radius 1 is 0.722 bits per heavy atom. The van der Waals surface area contributed by atoms with Crippen molar-refractivity contribution < 1.29 is 13.6 Å². The van der Waals surface area contributed by atoms with Crippen molar-refractivity contribution in [2.24, 2.45) is 0 Å². The van der Waals surface area contributed by atoms with Gasteiger partial charge in [0.25, 0.3) is 0 Å². The highest BCUT2D eigenvalue weighted by atomic mass is 31.2. The third-order valence-electron chi connectivity index (χ3n) is 7.10. The molecular weight excluding hydrogens is 467 g/mol. The zero-order valence-electron chi connectivity index (χ0n) is 23.7. The molecular formula is C30H47N2O3P. The summed E-state index contributed by atoms with van der Waals surface area (Å²) in [6.07, 6.45) is 5.84. The number of unbranched alkanes of at least 4 members (excludes halogenated alkanes) is 3. The molecule has 0 bridgehead atoms. The van der Waals surface area contributed by atoms with Crippen molar-refractivity contribution in [1.29, 1.82) is 0 Å². The van der Waals surface area contributed by atoms with Gasteiger partial charge in [-0.3, -0.25) is 4.57 Å². The monoisotopic (exact) mass is 514 g/mol. The summed E-state index contributed by atoms with van der Waals surface area (Å²) in [6, 6.07) is 9.36. The van der Waals surface area contributed by atoms with Crippen LogP contribution in [0.3, 0.4) is 0 Å². The minimum Gasteiger partial charge on any atom is -0.352 e. The van der Waals surface area contributed by atoms with Gasteiger partial charge in [0, 0.05) is 24.5 Å². The number of anilines is 2. The van der Waals surface area contributed by atoms with E-state index in [9.17, 15) is 4.57 Å². The maximum absolute atomic E-state index is 12.6. The summed E-state index contributed by atoms with van der Waals surface area (Å²) < 4.78 is 23.4. The fourth-order valence-corrected chi connectivity index (χ4v) is 7.59. The topological polar surface area (TPSA) is 42.0 Å². The van der Waals surface area contributed by atoms with Crippen molar-refractivity contribution in [2.45, 2.75) is 80.6 Å². The Bertz CT molecular complexity index is 1010. The number of rotatable bonds is 13. The SMILES string of the molecule is CCOP(=O)(CCCCCCc1cc(C)c(N2CCN(c3c(C)cc(C)cc3C)C2)c(C)c1)OCC. The predicted molar refractivity (Wildman–Crippen MR) is 154 cm³/mol. The minimum atomic E-state index is -2.90. The standard InChI is InChI=1S/C30H47N2O3P/c1-8-34-36(33,35-9-2)17-13-11-10-12-14-28-20-26(6)30(27(7)21-28)32-16-15-31(22-32)29-24(4)18-23(3)19-25(29)5/h18-21H,8-17,22H2,1-7H3. The molecule has 5 nitrogen and oxygen atoms in total. The molecule has 3 rings (SSSR count). The van der Waals surface area contributed by atoms with E-state index in [0.717, 1.165) is 51.9 Å². The van der Waals surface area contributed by atoms with Gasteiger partial charge in [0.15, 0.2) is 0 Å². The van der Waals surface area contributed by atoms with E-state index in [1.165, 1.54) is 44.8 Å². The van der Waals surface area contributed by atoms with Gasteiger partial charge in [-0.05, 0) is 95.5 Å². The van der Waals surface area contributed by atoms with E-state index in [-0.39, 0.29) is 0 Å². The van der Waals surface area contributed by atoms with E-state index >= 15 is 0 Å². The molecule has 1 fully saturated rings. The average molecular weight is 515 g/mol. The second-order valence-corrected chi connectivity index (χ2v) is 12.5. The Balaban J connectivity index is 1.53. The summed E-state index contributed by atoms with van der Waals surface area (Å²) in [5.74, 6) is 0. The minimum absolute atomic E-state index is 0.437. The zero-order valence-corrected chi connectivity index (χ0v) is 24.5. The van der Waals surface area contributed by atoms with Crippen LogP contribution in [0.4, 0.5) is 11.4 Å². The smallest absolute Gasteiger partial charge is 0.330 e. The fourth-order valence-electron chi connectivity index (χ4n) is 5.86. The van der Waals surface area contributed by atoms with Gasteiger partial charge < -0.3 is 18.8 Å². The van der Waals surface area contributed by atoms with Crippen LogP contribution in [-0.2, 0) is 20.0 Å². The molecule has 1 saturated heterocycles. The molecule has 1 heterocycles. The molecule has 0 N–H and O–H groups in total. The maximum atomic E-state index is 12.6. The molecule has 0 unspecified atom stereocenters. The highest BCUT2D eigenvalue weighted by molar-refractivity contribution is 7.53. The highest BCUT2D eigenvalue weighted by Gasteiger charge is 2.25. The second-order valence-electron chi connectivity index (χ2n) is 10.3. The van der Waals surface area contributed by atoms with Crippen molar-refractivity contribution in [2.75, 3.05) is 48.9 Å². The third kappa shape index (κ3) is 7.37. The Morgan fingerprint density at radius 2 is 1.19 bits per heavy atom. The molecule has 0 aliphatic carbocycles. The first kappa shape index (κ1) is 28.8. The highest BCUT2D eigenvalue weighted by Crippen LogP contribution is 2.48. The molecule has 0 spiro atoms. The van der Waals surface area contributed by atoms with Crippen LogP contribution in [0.15, 0.2) is 24.3 Å². The molecule has 0 atom stereocenters. The van der Waals surface area contributed by atoms with Crippen LogP contribution in [0.1, 0.15) is 72.9 Å². The van der Waals surface area contributed by atoms with E-state index < -0.39 is 7.60 Å². The summed E-state index contributed by atoms with van der Waals surface area (Å²) >= 11 is 0. The molecule has 36 heavy (non-hydrogen) atoms. The molecule has 2 aromatic carbocycles. The second kappa shape index (κ2) is 13.1. The summed E-state index contributed by atoms with van der Waals surface area (Å²) in [7, 11) is -2.90. The van der Waals surface area contributed by atoms with Crippen LogP contribution < -0.4 is 9.80 Å². The van der Waals surface area contributed by atoms with Crippen LogP contribution in [0, 0.1) is 34.6 Å². The van der Waals surface area contributed by atoms with Crippen LogP contribution in [0.2, 0.25) is 0 Å².